The van der Waals surface area contributed by atoms with Crippen LogP contribution in [0, 0.1) is 0 Å². The minimum absolute atomic E-state index is 0.0910. The Balaban J connectivity index is 2.84. The van der Waals surface area contributed by atoms with Gasteiger partial charge in [0.1, 0.15) is 0 Å². The van der Waals surface area contributed by atoms with Crippen LogP contribution in [0.25, 0.3) is 0 Å². The van der Waals surface area contributed by atoms with Crippen LogP contribution in [-0.2, 0) is 9.59 Å². The second-order valence-electron chi connectivity index (χ2n) is 2.39. The van der Waals surface area contributed by atoms with Crippen molar-refractivity contribution >= 4 is 17.8 Å². The van der Waals surface area contributed by atoms with Gasteiger partial charge in [-0.25, -0.2) is 4.79 Å². The van der Waals surface area contributed by atoms with Crippen molar-refractivity contribution in [2.45, 2.75) is 0 Å². The van der Waals surface area contributed by atoms with Gasteiger partial charge in [-0.2, -0.15) is 0 Å². The molecule has 0 saturated carbocycles. The van der Waals surface area contributed by atoms with Gasteiger partial charge >= 0.3 is 17.8 Å². The van der Waals surface area contributed by atoms with Crippen molar-refractivity contribution in [3.8, 4) is 0 Å². The molecule has 1 aliphatic heterocycles. The fourth-order valence-corrected chi connectivity index (χ4v) is 0.940. The predicted octanol–water partition coefficient (Wildman–Crippen LogP) is -1.63. The second kappa shape index (κ2) is 2.90. The average molecular weight is 171 g/mol. The van der Waals surface area contributed by atoms with E-state index in [-0.39, 0.29) is 13.1 Å². The number of nitrogens with two attached hydrogens (primary N) is 1. The summed E-state index contributed by atoms with van der Waals surface area (Å²) in [6.45, 7) is 0.256. The van der Waals surface area contributed by atoms with Gasteiger partial charge in [0.2, 0.25) is 0 Å². The van der Waals surface area contributed by atoms with E-state index in [4.69, 9.17) is 5.73 Å². The Morgan fingerprint density at radius 2 is 1.83 bits per heavy atom. The molecule has 6 nitrogen and oxygen atoms in total. The summed E-state index contributed by atoms with van der Waals surface area (Å²) in [5, 5.41) is 0. The lowest BCUT2D eigenvalue weighted by atomic mass is 10.5. The van der Waals surface area contributed by atoms with E-state index >= 15 is 0 Å². The monoisotopic (exact) mass is 171 g/mol. The van der Waals surface area contributed by atoms with Gasteiger partial charge in [0.25, 0.3) is 0 Å². The van der Waals surface area contributed by atoms with Crippen LogP contribution in [0.1, 0.15) is 0 Å². The van der Waals surface area contributed by atoms with Crippen molar-refractivity contribution < 1.29 is 14.4 Å². The number of urea groups is 1. The van der Waals surface area contributed by atoms with Crippen molar-refractivity contribution in [2.75, 3.05) is 20.1 Å². The predicted molar refractivity (Wildman–Crippen MR) is 38.9 cm³/mol. The molecule has 1 fully saturated rings. The highest BCUT2D eigenvalue weighted by Gasteiger charge is 2.41. The Hall–Kier alpha value is -1.43. The fourth-order valence-electron chi connectivity index (χ4n) is 0.940. The molecule has 0 aromatic carbocycles. The molecule has 0 radical (unpaired) electrons. The summed E-state index contributed by atoms with van der Waals surface area (Å²) < 4.78 is 0. The summed E-state index contributed by atoms with van der Waals surface area (Å²) in [5.41, 5.74) is 5.15. The lowest BCUT2D eigenvalue weighted by Gasteiger charge is -2.10. The molecule has 0 aliphatic carbocycles. The number of likely N-dealkylation sites (N-methyl/N-ethyl adjacent to an activating group) is 1. The number of rotatable bonds is 2. The lowest BCUT2D eigenvalue weighted by Crippen LogP contribution is -2.35. The zero-order valence-electron chi connectivity index (χ0n) is 6.61. The highest BCUT2D eigenvalue weighted by Crippen LogP contribution is 2.07. The number of nitrogens with zero attached hydrogens (tertiary/aromatic N) is 2. The van der Waals surface area contributed by atoms with Crippen LogP contribution in [0.5, 0.6) is 0 Å². The minimum Gasteiger partial charge on any atom is -0.329 e. The third kappa shape index (κ3) is 1.06. The number of hydrogen-bond acceptors (Lipinski definition) is 4. The fraction of sp³-hybridized carbons (Fsp3) is 0.500. The molecule has 0 aromatic heterocycles. The summed E-state index contributed by atoms with van der Waals surface area (Å²) in [7, 11) is 1.26. The molecule has 6 heteroatoms. The normalized spacial score (nSPS) is 18.0. The van der Waals surface area contributed by atoms with Crippen LogP contribution in [0.3, 0.4) is 0 Å². The molecule has 0 spiro atoms. The first-order chi connectivity index (χ1) is 5.59. The smallest absolute Gasteiger partial charge is 0.329 e. The lowest BCUT2D eigenvalue weighted by molar-refractivity contribution is -0.142. The quantitative estimate of drug-likeness (QED) is 0.399. The van der Waals surface area contributed by atoms with Crippen LogP contribution in [0.4, 0.5) is 4.79 Å². The summed E-state index contributed by atoms with van der Waals surface area (Å²) in [4.78, 5) is 34.5. The van der Waals surface area contributed by atoms with Gasteiger partial charge in [-0.3, -0.25) is 19.4 Å². The second-order valence-corrected chi connectivity index (χ2v) is 2.39. The van der Waals surface area contributed by atoms with Crippen molar-refractivity contribution in [3.05, 3.63) is 0 Å². The Bertz CT molecular complexity index is 250. The molecule has 4 amide bonds. The molecule has 1 aliphatic rings. The molecule has 0 atom stereocenters. The molecular weight excluding hydrogens is 162 g/mol. The van der Waals surface area contributed by atoms with Gasteiger partial charge in [-0.1, -0.05) is 0 Å². The Labute approximate surface area is 68.9 Å². The highest BCUT2D eigenvalue weighted by molar-refractivity contribution is 6.44. The van der Waals surface area contributed by atoms with Gasteiger partial charge in [0.15, 0.2) is 0 Å². The van der Waals surface area contributed by atoms with E-state index < -0.39 is 17.8 Å². The van der Waals surface area contributed by atoms with E-state index in [1.165, 1.54) is 7.05 Å². The molecule has 12 heavy (non-hydrogen) atoms. The molecule has 1 heterocycles. The molecule has 66 valence electrons. The molecule has 0 aromatic rings. The van der Waals surface area contributed by atoms with Crippen molar-refractivity contribution in [1.82, 2.24) is 9.80 Å². The maximum Gasteiger partial charge on any atom is 0.333 e. The van der Waals surface area contributed by atoms with Crippen molar-refractivity contribution in [3.63, 3.8) is 0 Å². The molecule has 1 saturated heterocycles. The molecular formula is C6H9N3O3. The summed E-state index contributed by atoms with van der Waals surface area (Å²) in [5.74, 6) is -1.60. The zero-order chi connectivity index (χ0) is 9.30. The SMILES string of the molecule is CN1C(=O)C(=O)N(CCN)C1=O. The van der Waals surface area contributed by atoms with E-state index in [1.807, 2.05) is 0 Å². The first kappa shape index (κ1) is 8.66. The van der Waals surface area contributed by atoms with E-state index in [2.05, 4.69) is 0 Å². The number of carbonyl (C=O) groups excluding carboxylic acids is 3. The van der Waals surface area contributed by atoms with Crippen molar-refractivity contribution in [1.29, 1.82) is 0 Å². The van der Waals surface area contributed by atoms with Gasteiger partial charge in [-0.05, 0) is 0 Å². The topological polar surface area (TPSA) is 83.7 Å². The van der Waals surface area contributed by atoms with Crippen LogP contribution in [0.15, 0.2) is 0 Å². The average Bonchev–Trinajstić information content (AvgIpc) is 2.23. The van der Waals surface area contributed by atoms with E-state index in [0.29, 0.717) is 0 Å². The zero-order valence-corrected chi connectivity index (χ0v) is 6.61. The maximum atomic E-state index is 11.1. The number of hydrogen-bond donors (Lipinski definition) is 1. The van der Waals surface area contributed by atoms with Crippen LogP contribution in [0.2, 0.25) is 0 Å². The number of carbonyl (C=O) groups is 3. The Kier molecular flexibility index (Phi) is 2.09. The minimum atomic E-state index is -0.798. The maximum absolute atomic E-state index is 11.1. The summed E-state index contributed by atoms with van der Waals surface area (Å²) in [6.07, 6.45) is 0. The molecule has 2 N–H and O–H groups in total. The van der Waals surface area contributed by atoms with E-state index in [0.717, 1.165) is 9.80 Å². The first-order valence-electron chi connectivity index (χ1n) is 3.43. The summed E-state index contributed by atoms with van der Waals surface area (Å²) >= 11 is 0. The van der Waals surface area contributed by atoms with Crippen LogP contribution in [-0.4, -0.2) is 47.8 Å². The Morgan fingerprint density at radius 3 is 2.17 bits per heavy atom. The van der Waals surface area contributed by atoms with E-state index in [1.54, 1.807) is 0 Å². The van der Waals surface area contributed by atoms with Crippen LogP contribution < -0.4 is 5.73 Å². The standard InChI is InChI=1S/C6H9N3O3/c1-8-4(10)5(11)9(3-2-7)6(8)12/h2-3,7H2,1H3. The largest absolute Gasteiger partial charge is 0.333 e. The highest BCUT2D eigenvalue weighted by atomic mass is 16.2. The van der Waals surface area contributed by atoms with E-state index in [9.17, 15) is 14.4 Å². The number of imide groups is 2. The first-order valence-corrected chi connectivity index (χ1v) is 3.43. The third-order valence-corrected chi connectivity index (χ3v) is 1.60. The number of amides is 4. The van der Waals surface area contributed by atoms with Gasteiger partial charge in [0.05, 0.1) is 0 Å². The molecule has 1 rings (SSSR count). The van der Waals surface area contributed by atoms with Crippen LogP contribution >= 0.6 is 0 Å². The summed E-state index contributed by atoms with van der Waals surface area (Å²) in [6, 6.07) is -0.601. The van der Waals surface area contributed by atoms with Gasteiger partial charge < -0.3 is 5.73 Å². The Morgan fingerprint density at radius 1 is 1.25 bits per heavy atom. The van der Waals surface area contributed by atoms with Crippen molar-refractivity contribution in [2.24, 2.45) is 5.73 Å². The third-order valence-electron chi connectivity index (χ3n) is 1.60. The molecule has 0 unspecified atom stereocenters. The van der Waals surface area contributed by atoms with Gasteiger partial charge in [0, 0.05) is 20.1 Å². The van der Waals surface area contributed by atoms with Gasteiger partial charge in [-0.15, -0.1) is 0 Å². The molecule has 0 bridgehead atoms.